The molecule has 0 aromatic heterocycles. The number of unbranched alkanes of at least 4 members (excludes halogenated alkanes) is 2. The number of hydrogen-bond donors (Lipinski definition) is 0. The number of carbonyl (C=O) groups excluding carboxylic acids is 1. The summed E-state index contributed by atoms with van der Waals surface area (Å²) in [4.78, 5) is 11.1. The van der Waals surface area contributed by atoms with Gasteiger partial charge in [-0.3, -0.25) is 4.79 Å². The van der Waals surface area contributed by atoms with Crippen molar-refractivity contribution >= 4 is 5.78 Å². The third kappa shape index (κ3) is 4.96. The molecule has 0 heterocycles. The highest BCUT2D eigenvalue weighted by Crippen LogP contribution is 2.24. The maximum absolute atomic E-state index is 11.1. The molecule has 0 unspecified atom stereocenters. The zero-order valence-corrected chi connectivity index (χ0v) is 10.9. The monoisotopic (exact) mass is 222 g/mol. The quantitative estimate of drug-likeness (QED) is 0.457. The van der Waals surface area contributed by atoms with Gasteiger partial charge in [0, 0.05) is 12.8 Å². The third-order valence-electron chi connectivity index (χ3n) is 3.64. The van der Waals surface area contributed by atoms with Gasteiger partial charge in [0.05, 0.1) is 0 Å². The molecule has 1 aliphatic rings. The summed E-state index contributed by atoms with van der Waals surface area (Å²) in [5, 5.41) is 0. The van der Waals surface area contributed by atoms with Crippen LogP contribution in [-0.4, -0.2) is 5.78 Å². The molecule has 1 saturated carbocycles. The Morgan fingerprint density at radius 2 is 2.19 bits per heavy atom. The smallest absolute Gasteiger partial charge is 0.133 e. The molecular weight excluding hydrogens is 196 g/mol. The maximum Gasteiger partial charge on any atom is 0.133 e. The Kier molecular flexibility index (Phi) is 6.44. The number of Topliss-reactive ketones (excluding diaryl/α,β-unsaturated/α-hetero) is 1. The number of carbonyl (C=O) groups is 1. The minimum absolute atomic E-state index is 0.452. The Labute approximate surface area is 100 Å². The third-order valence-corrected chi connectivity index (χ3v) is 3.64. The summed E-state index contributed by atoms with van der Waals surface area (Å²) in [5.41, 5.74) is 0. The van der Waals surface area contributed by atoms with Gasteiger partial charge in [-0.25, -0.2) is 0 Å². The first kappa shape index (κ1) is 13.5. The maximum atomic E-state index is 11.1. The molecule has 1 fully saturated rings. The van der Waals surface area contributed by atoms with E-state index in [1.165, 1.54) is 32.1 Å². The molecule has 0 aromatic carbocycles. The number of ketones is 1. The van der Waals surface area contributed by atoms with Crippen molar-refractivity contribution in [3.63, 3.8) is 0 Å². The van der Waals surface area contributed by atoms with Gasteiger partial charge in [-0.1, -0.05) is 45.3 Å². The van der Waals surface area contributed by atoms with Crippen LogP contribution in [0.25, 0.3) is 0 Å². The van der Waals surface area contributed by atoms with Crippen molar-refractivity contribution in [2.75, 3.05) is 0 Å². The van der Waals surface area contributed by atoms with Gasteiger partial charge in [0.25, 0.3) is 0 Å². The minimum Gasteiger partial charge on any atom is -0.300 e. The van der Waals surface area contributed by atoms with E-state index in [9.17, 15) is 4.79 Å². The molecule has 0 spiro atoms. The van der Waals surface area contributed by atoms with Crippen molar-refractivity contribution in [2.45, 2.75) is 65.2 Å². The lowest BCUT2D eigenvalue weighted by Gasteiger charge is -2.10. The van der Waals surface area contributed by atoms with Gasteiger partial charge in [-0.2, -0.15) is 0 Å². The molecule has 1 nitrogen and oxygen atoms in total. The van der Waals surface area contributed by atoms with Crippen LogP contribution < -0.4 is 0 Å². The molecule has 0 N–H and O–H groups in total. The molecule has 0 radical (unpaired) electrons. The van der Waals surface area contributed by atoms with Crippen LogP contribution in [0, 0.1) is 11.8 Å². The van der Waals surface area contributed by atoms with Crippen molar-refractivity contribution in [2.24, 2.45) is 11.8 Å². The highest BCUT2D eigenvalue weighted by Gasteiger charge is 2.19. The average molecular weight is 222 g/mol. The zero-order valence-electron chi connectivity index (χ0n) is 10.9. The van der Waals surface area contributed by atoms with Gasteiger partial charge in [0.2, 0.25) is 0 Å². The first-order valence-corrected chi connectivity index (χ1v) is 6.96. The molecule has 0 aromatic rings. The van der Waals surface area contributed by atoms with E-state index in [2.05, 4.69) is 26.0 Å². The Bertz CT molecular complexity index is 230. The minimum atomic E-state index is 0.452. The first-order chi connectivity index (χ1) is 7.76. The summed E-state index contributed by atoms with van der Waals surface area (Å²) in [6.07, 6.45) is 13.9. The molecule has 0 saturated heterocycles. The summed E-state index contributed by atoms with van der Waals surface area (Å²) < 4.78 is 0. The molecule has 0 amide bonds. The molecule has 1 aliphatic carbocycles. The van der Waals surface area contributed by atoms with E-state index in [1.54, 1.807) is 0 Å². The van der Waals surface area contributed by atoms with Crippen LogP contribution in [0.3, 0.4) is 0 Å². The normalized spacial score (nSPS) is 23.1. The summed E-state index contributed by atoms with van der Waals surface area (Å²) in [7, 11) is 0. The van der Waals surface area contributed by atoms with E-state index in [-0.39, 0.29) is 0 Å². The van der Waals surface area contributed by atoms with Crippen molar-refractivity contribution in [1.29, 1.82) is 0 Å². The summed E-state index contributed by atoms with van der Waals surface area (Å²) in [6.45, 7) is 4.52. The van der Waals surface area contributed by atoms with Gasteiger partial charge in [0.1, 0.15) is 5.78 Å². The van der Waals surface area contributed by atoms with Crippen molar-refractivity contribution in [3.05, 3.63) is 12.2 Å². The predicted molar refractivity (Wildman–Crippen MR) is 69.4 cm³/mol. The second-order valence-electron chi connectivity index (χ2n) is 5.09. The fourth-order valence-corrected chi connectivity index (χ4v) is 2.41. The van der Waals surface area contributed by atoms with E-state index in [0.29, 0.717) is 11.7 Å². The predicted octanol–water partition coefficient (Wildman–Crippen LogP) is 4.52. The van der Waals surface area contributed by atoms with Crippen molar-refractivity contribution in [3.8, 4) is 0 Å². The van der Waals surface area contributed by atoms with Crippen LogP contribution in [0.2, 0.25) is 0 Å². The second kappa shape index (κ2) is 7.65. The van der Waals surface area contributed by atoms with Gasteiger partial charge >= 0.3 is 0 Å². The second-order valence-corrected chi connectivity index (χ2v) is 5.09. The number of allylic oxidation sites excluding steroid dienone is 2. The van der Waals surface area contributed by atoms with Crippen molar-refractivity contribution in [1.82, 2.24) is 0 Å². The van der Waals surface area contributed by atoms with Gasteiger partial charge in [0.15, 0.2) is 0 Å². The van der Waals surface area contributed by atoms with Crippen molar-refractivity contribution < 1.29 is 4.79 Å². The SMILES string of the molecule is CCCCC[C@H](/C=C/[C@H]1CCC(=O)C1)CC. The molecular formula is C15H26O. The highest BCUT2D eigenvalue weighted by atomic mass is 16.1. The summed E-state index contributed by atoms with van der Waals surface area (Å²) in [6, 6.07) is 0. The van der Waals surface area contributed by atoms with E-state index in [1.807, 2.05) is 0 Å². The largest absolute Gasteiger partial charge is 0.300 e. The average Bonchev–Trinajstić information content (AvgIpc) is 2.69. The van der Waals surface area contributed by atoms with Gasteiger partial charge in [-0.05, 0) is 31.1 Å². The Morgan fingerprint density at radius 1 is 1.38 bits per heavy atom. The molecule has 0 bridgehead atoms. The fourth-order valence-electron chi connectivity index (χ4n) is 2.41. The van der Waals surface area contributed by atoms with Crippen LogP contribution in [0.1, 0.15) is 65.2 Å². The Hall–Kier alpha value is -0.590. The topological polar surface area (TPSA) is 17.1 Å². The van der Waals surface area contributed by atoms with E-state index < -0.39 is 0 Å². The molecule has 1 rings (SSSR count). The standard InChI is InChI=1S/C15H26O/c1-3-5-6-7-13(4-2)8-9-14-10-11-15(16)12-14/h8-9,13-14H,3-7,10-12H2,1-2H3/b9-8+/t13-,14+/m1/s1. The lowest BCUT2D eigenvalue weighted by molar-refractivity contribution is -0.117. The van der Waals surface area contributed by atoms with Crippen LogP contribution in [0.5, 0.6) is 0 Å². The zero-order chi connectivity index (χ0) is 11.8. The molecule has 0 aliphatic heterocycles. The highest BCUT2D eigenvalue weighted by molar-refractivity contribution is 5.80. The Balaban J connectivity index is 2.25. The number of hydrogen-bond acceptors (Lipinski definition) is 1. The molecule has 2 atom stereocenters. The van der Waals surface area contributed by atoms with Crippen LogP contribution in [0.15, 0.2) is 12.2 Å². The lowest BCUT2D eigenvalue weighted by Crippen LogP contribution is -1.97. The molecule has 92 valence electrons. The lowest BCUT2D eigenvalue weighted by atomic mass is 9.96. The Morgan fingerprint density at radius 3 is 2.75 bits per heavy atom. The molecule has 16 heavy (non-hydrogen) atoms. The van der Waals surface area contributed by atoms with E-state index >= 15 is 0 Å². The molecule has 1 heteroatoms. The number of rotatable bonds is 7. The van der Waals surface area contributed by atoms with E-state index in [0.717, 1.165) is 25.2 Å². The van der Waals surface area contributed by atoms with Crippen LogP contribution in [-0.2, 0) is 4.79 Å². The first-order valence-electron chi connectivity index (χ1n) is 6.96. The summed E-state index contributed by atoms with van der Waals surface area (Å²) >= 11 is 0. The van der Waals surface area contributed by atoms with Crippen LogP contribution >= 0.6 is 0 Å². The fraction of sp³-hybridized carbons (Fsp3) is 0.800. The van der Waals surface area contributed by atoms with Crippen LogP contribution in [0.4, 0.5) is 0 Å². The summed E-state index contributed by atoms with van der Waals surface area (Å²) in [5.74, 6) is 1.74. The van der Waals surface area contributed by atoms with Gasteiger partial charge in [-0.15, -0.1) is 0 Å². The van der Waals surface area contributed by atoms with Gasteiger partial charge < -0.3 is 0 Å². The van der Waals surface area contributed by atoms with E-state index in [4.69, 9.17) is 0 Å².